The van der Waals surface area contributed by atoms with Gasteiger partial charge in [-0.2, -0.15) is 0 Å². The Hall–Kier alpha value is -1.68. The number of benzene rings is 1. The summed E-state index contributed by atoms with van der Waals surface area (Å²) in [6.07, 6.45) is 1.56. The normalized spacial score (nSPS) is 12.7. The molecule has 0 aliphatic heterocycles. The third kappa shape index (κ3) is 2.16. The Kier molecular flexibility index (Phi) is 3.48. The fraction of sp³-hybridized carbons (Fsp3) is 0.286. The van der Waals surface area contributed by atoms with E-state index >= 15 is 0 Å². The molecule has 0 aliphatic rings. The molecule has 1 aromatic heterocycles. The Morgan fingerprint density at radius 3 is 2.39 bits per heavy atom. The van der Waals surface area contributed by atoms with Crippen LogP contribution in [-0.4, -0.2) is 7.05 Å². The Morgan fingerprint density at radius 1 is 1.11 bits per heavy atom. The topological polar surface area (TPSA) is 25.2 Å². The second-order valence-corrected chi connectivity index (χ2v) is 4.28. The number of halogens is 2. The van der Waals surface area contributed by atoms with Crippen molar-refractivity contribution in [3.63, 3.8) is 0 Å². The van der Waals surface area contributed by atoms with Crippen molar-refractivity contribution in [2.75, 3.05) is 7.05 Å². The van der Waals surface area contributed by atoms with Crippen molar-refractivity contribution in [2.45, 2.75) is 19.9 Å². The Morgan fingerprint density at radius 2 is 1.83 bits per heavy atom. The molecule has 1 aromatic carbocycles. The first kappa shape index (κ1) is 12.8. The number of hydrogen-bond acceptors (Lipinski definition) is 2. The van der Waals surface area contributed by atoms with Crippen LogP contribution in [0.4, 0.5) is 8.78 Å². The quantitative estimate of drug-likeness (QED) is 0.903. The third-order valence-corrected chi connectivity index (χ3v) is 3.09. The molecule has 0 radical (unpaired) electrons. The lowest BCUT2D eigenvalue weighted by molar-refractivity contribution is 0.516. The molecule has 18 heavy (non-hydrogen) atoms. The average molecular weight is 251 g/mol. The maximum absolute atomic E-state index is 13.9. The largest absolute Gasteiger partial charge is 0.469 e. The van der Waals surface area contributed by atoms with E-state index in [2.05, 4.69) is 5.32 Å². The van der Waals surface area contributed by atoms with Gasteiger partial charge in [0.1, 0.15) is 17.4 Å². The highest BCUT2D eigenvalue weighted by Gasteiger charge is 2.20. The zero-order valence-electron chi connectivity index (χ0n) is 10.6. The van der Waals surface area contributed by atoms with Crippen LogP contribution in [0.25, 0.3) is 0 Å². The van der Waals surface area contributed by atoms with Gasteiger partial charge in [-0.3, -0.25) is 0 Å². The minimum Gasteiger partial charge on any atom is -0.469 e. The van der Waals surface area contributed by atoms with Gasteiger partial charge < -0.3 is 9.73 Å². The number of aryl methyl sites for hydroxylation is 2. The van der Waals surface area contributed by atoms with Crippen molar-refractivity contribution < 1.29 is 13.2 Å². The zero-order valence-corrected chi connectivity index (χ0v) is 10.6. The minimum absolute atomic E-state index is 0.344. The summed E-state index contributed by atoms with van der Waals surface area (Å²) < 4.78 is 32.4. The van der Waals surface area contributed by atoms with Gasteiger partial charge in [0.25, 0.3) is 0 Å². The molecule has 0 bridgehead atoms. The predicted octanol–water partition coefficient (Wildman–Crippen LogP) is 3.48. The second kappa shape index (κ2) is 4.90. The summed E-state index contributed by atoms with van der Waals surface area (Å²) in [6, 6.07) is 3.89. The maximum Gasteiger partial charge on any atom is 0.131 e. The number of nitrogens with one attached hydrogen (secondary N) is 1. The summed E-state index contributed by atoms with van der Waals surface area (Å²) in [5, 5.41) is 3.03. The third-order valence-electron chi connectivity index (χ3n) is 3.09. The highest BCUT2D eigenvalue weighted by molar-refractivity contribution is 5.36. The van der Waals surface area contributed by atoms with Crippen LogP contribution in [-0.2, 0) is 0 Å². The fourth-order valence-corrected chi connectivity index (χ4v) is 2.07. The van der Waals surface area contributed by atoms with Crippen molar-refractivity contribution in [2.24, 2.45) is 0 Å². The molecule has 1 atom stereocenters. The molecular formula is C14H15F2NO. The molecule has 0 fully saturated rings. The molecule has 0 aliphatic carbocycles. The molecule has 0 amide bonds. The molecule has 2 rings (SSSR count). The predicted molar refractivity (Wildman–Crippen MR) is 65.4 cm³/mol. The number of rotatable bonds is 3. The molecule has 2 aromatic rings. The summed E-state index contributed by atoms with van der Waals surface area (Å²) in [7, 11) is 1.73. The summed E-state index contributed by atoms with van der Waals surface area (Å²) >= 11 is 0. The van der Waals surface area contributed by atoms with Gasteiger partial charge in [0.05, 0.1) is 12.3 Å². The van der Waals surface area contributed by atoms with E-state index in [4.69, 9.17) is 4.42 Å². The van der Waals surface area contributed by atoms with Gasteiger partial charge in [-0.1, -0.05) is 0 Å². The average Bonchev–Trinajstić information content (AvgIpc) is 2.73. The molecule has 2 nitrogen and oxygen atoms in total. The van der Waals surface area contributed by atoms with E-state index < -0.39 is 11.6 Å². The molecule has 4 heteroatoms. The van der Waals surface area contributed by atoms with Crippen LogP contribution in [0.2, 0.25) is 0 Å². The van der Waals surface area contributed by atoms with E-state index in [1.54, 1.807) is 26.3 Å². The summed E-state index contributed by atoms with van der Waals surface area (Å²) in [4.78, 5) is 0. The zero-order chi connectivity index (χ0) is 13.3. The fourth-order valence-electron chi connectivity index (χ4n) is 2.07. The van der Waals surface area contributed by atoms with Crippen molar-refractivity contribution in [3.8, 4) is 0 Å². The Bertz CT molecular complexity index is 563. The van der Waals surface area contributed by atoms with Gasteiger partial charge >= 0.3 is 0 Å². The van der Waals surface area contributed by atoms with Gasteiger partial charge in [-0.05, 0) is 38.6 Å². The van der Waals surface area contributed by atoms with Crippen LogP contribution >= 0.6 is 0 Å². The molecule has 0 saturated heterocycles. The van der Waals surface area contributed by atoms with Gasteiger partial charge in [0, 0.05) is 17.2 Å². The van der Waals surface area contributed by atoms with E-state index in [0.717, 1.165) is 17.4 Å². The first-order valence-corrected chi connectivity index (χ1v) is 5.71. The van der Waals surface area contributed by atoms with Crippen LogP contribution in [0, 0.1) is 25.5 Å². The van der Waals surface area contributed by atoms with Crippen molar-refractivity contribution >= 4 is 0 Å². The van der Waals surface area contributed by atoms with E-state index in [1.165, 1.54) is 6.07 Å². The summed E-state index contributed by atoms with van der Waals surface area (Å²) in [5.74, 6) is -0.371. The van der Waals surface area contributed by atoms with Crippen molar-refractivity contribution in [1.82, 2.24) is 5.32 Å². The lowest BCUT2D eigenvalue weighted by atomic mass is 9.97. The van der Waals surface area contributed by atoms with E-state index in [0.29, 0.717) is 11.1 Å². The van der Waals surface area contributed by atoms with Crippen molar-refractivity contribution in [3.05, 3.63) is 58.5 Å². The van der Waals surface area contributed by atoms with Gasteiger partial charge in [-0.25, -0.2) is 8.78 Å². The molecular weight excluding hydrogens is 236 g/mol. The van der Waals surface area contributed by atoms with Crippen LogP contribution in [0.15, 0.2) is 28.9 Å². The van der Waals surface area contributed by atoms with Crippen LogP contribution in [0.3, 0.4) is 0 Å². The van der Waals surface area contributed by atoms with E-state index in [1.807, 2.05) is 6.92 Å². The molecule has 0 saturated carbocycles. The first-order chi connectivity index (χ1) is 8.54. The van der Waals surface area contributed by atoms with Gasteiger partial charge in [-0.15, -0.1) is 0 Å². The Balaban J connectivity index is 2.52. The standard InChI is InChI=1S/C14H15F2NO/c1-8-6-11(13(16)7-12(8)15)14(17-3)10-4-5-18-9(10)2/h4-7,14,17H,1-3H3. The molecule has 1 heterocycles. The lowest BCUT2D eigenvalue weighted by Crippen LogP contribution is -2.19. The summed E-state index contributed by atoms with van der Waals surface area (Å²) in [6.45, 7) is 3.43. The molecule has 1 unspecified atom stereocenters. The Labute approximate surface area is 105 Å². The second-order valence-electron chi connectivity index (χ2n) is 4.28. The monoisotopic (exact) mass is 251 g/mol. The van der Waals surface area contributed by atoms with Crippen LogP contribution < -0.4 is 5.32 Å². The van der Waals surface area contributed by atoms with Crippen LogP contribution in [0.5, 0.6) is 0 Å². The molecule has 0 spiro atoms. The van der Waals surface area contributed by atoms with Gasteiger partial charge in [0.2, 0.25) is 0 Å². The molecule has 1 N–H and O–H groups in total. The van der Waals surface area contributed by atoms with Gasteiger partial charge in [0.15, 0.2) is 0 Å². The number of furan rings is 1. The number of hydrogen-bond donors (Lipinski definition) is 1. The first-order valence-electron chi connectivity index (χ1n) is 5.71. The maximum atomic E-state index is 13.9. The van der Waals surface area contributed by atoms with E-state index in [9.17, 15) is 8.78 Å². The highest BCUT2D eigenvalue weighted by Crippen LogP contribution is 2.28. The van der Waals surface area contributed by atoms with Crippen LogP contribution in [0.1, 0.15) is 28.5 Å². The minimum atomic E-state index is -0.557. The highest BCUT2D eigenvalue weighted by atomic mass is 19.1. The summed E-state index contributed by atoms with van der Waals surface area (Å²) in [5.41, 5.74) is 1.69. The SMILES string of the molecule is CNC(c1cc(C)c(F)cc1F)c1ccoc1C. The smallest absolute Gasteiger partial charge is 0.131 e. The molecule has 96 valence electrons. The van der Waals surface area contributed by atoms with E-state index in [-0.39, 0.29) is 6.04 Å². The van der Waals surface area contributed by atoms with Crippen molar-refractivity contribution in [1.29, 1.82) is 0 Å². The lowest BCUT2D eigenvalue weighted by Gasteiger charge is -2.17.